The van der Waals surface area contributed by atoms with Gasteiger partial charge in [-0.2, -0.15) is 13.2 Å². The van der Waals surface area contributed by atoms with Crippen LogP contribution in [0, 0.1) is 0 Å². The minimum absolute atomic E-state index is 0.0123. The van der Waals surface area contributed by atoms with Crippen LogP contribution in [0.1, 0.15) is 32.1 Å². The molecular formula is C13H21F3N2O2. The number of hydrogen-bond donors (Lipinski definition) is 1. The van der Waals surface area contributed by atoms with Crippen molar-refractivity contribution >= 4 is 5.91 Å². The molecule has 2 aliphatic heterocycles. The Morgan fingerprint density at radius 2 is 1.80 bits per heavy atom. The van der Waals surface area contributed by atoms with Crippen molar-refractivity contribution < 1.29 is 23.1 Å². The molecule has 0 aliphatic carbocycles. The molecule has 0 aromatic rings. The van der Waals surface area contributed by atoms with Crippen LogP contribution in [-0.2, 0) is 4.79 Å². The predicted octanol–water partition coefficient (Wildman–Crippen LogP) is 1.39. The first kappa shape index (κ1) is 15.6. The summed E-state index contributed by atoms with van der Waals surface area (Å²) in [6.07, 6.45) is -2.35. The van der Waals surface area contributed by atoms with Gasteiger partial charge in [0.1, 0.15) is 0 Å². The largest absolute Gasteiger partial charge is 0.390 e. The summed E-state index contributed by atoms with van der Waals surface area (Å²) in [5.41, 5.74) is -1.51. The van der Waals surface area contributed by atoms with Crippen molar-refractivity contribution in [2.75, 3.05) is 32.7 Å². The second kappa shape index (κ2) is 5.89. The van der Waals surface area contributed by atoms with E-state index in [0.717, 1.165) is 12.8 Å². The highest BCUT2D eigenvalue weighted by Gasteiger charge is 2.43. The number of carbonyl (C=O) groups excluding carboxylic acids is 1. The predicted molar refractivity (Wildman–Crippen MR) is 67.1 cm³/mol. The monoisotopic (exact) mass is 294 g/mol. The molecule has 2 aliphatic rings. The van der Waals surface area contributed by atoms with Gasteiger partial charge >= 0.3 is 6.18 Å². The van der Waals surface area contributed by atoms with Crippen LogP contribution in [0.4, 0.5) is 13.2 Å². The molecule has 2 rings (SSSR count). The Balaban J connectivity index is 1.92. The molecule has 2 fully saturated rings. The summed E-state index contributed by atoms with van der Waals surface area (Å²) in [5.74, 6) is -0.313. The number of rotatable bonds is 3. The molecule has 0 aromatic carbocycles. The first-order valence-electron chi connectivity index (χ1n) is 7.11. The van der Waals surface area contributed by atoms with Crippen molar-refractivity contribution in [3.63, 3.8) is 0 Å². The lowest BCUT2D eigenvalue weighted by atomic mass is 9.91. The molecule has 1 N–H and O–H groups in total. The third-order valence-electron chi connectivity index (χ3n) is 4.05. The summed E-state index contributed by atoms with van der Waals surface area (Å²) in [6.45, 7) is 1.65. The zero-order chi connectivity index (χ0) is 14.8. The van der Waals surface area contributed by atoms with E-state index >= 15 is 0 Å². The van der Waals surface area contributed by atoms with E-state index in [4.69, 9.17) is 0 Å². The van der Waals surface area contributed by atoms with Gasteiger partial charge in [-0.3, -0.25) is 9.69 Å². The third kappa shape index (κ3) is 3.85. The Morgan fingerprint density at radius 3 is 2.40 bits per heavy atom. The molecule has 2 saturated heterocycles. The van der Waals surface area contributed by atoms with Gasteiger partial charge in [0.2, 0.25) is 0 Å². The molecule has 0 bridgehead atoms. The van der Waals surface area contributed by atoms with Gasteiger partial charge in [0.25, 0.3) is 5.91 Å². The lowest BCUT2D eigenvalue weighted by Gasteiger charge is -2.40. The van der Waals surface area contributed by atoms with E-state index in [1.165, 1.54) is 0 Å². The average molecular weight is 294 g/mol. The molecule has 0 radical (unpaired) electrons. The fourth-order valence-electron chi connectivity index (χ4n) is 2.99. The Hall–Kier alpha value is -0.820. The van der Waals surface area contributed by atoms with Crippen molar-refractivity contribution in [2.24, 2.45) is 0 Å². The average Bonchev–Trinajstić information content (AvgIpc) is 2.88. The molecule has 0 spiro atoms. The second-order valence-corrected chi connectivity index (χ2v) is 5.78. The molecule has 1 atom stereocenters. The lowest BCUT2D eigenvalue weighted by molar-refractivity contribution is -0.159. The number of piperidine rings is 1. The van der Waals surface area contributed by atoms with Crippen molar-refractivity contribution in [2.45, 2.75) is 43.9 Å². The summed E-state index contributed by atoms with van der Waals surface area (Å²) < 4.78 is 36.7. The first-order chi connectivity index (χ1) is 9.30. The highest BCUT2D eigenvalue weighted by molar-refractivity contribution is 5.85. The molecule has 0 saturated carbocycles. The van der Waals surface area contributed by atoms with Crippen LogP contribution in [0.2, 0.25) is 0 Å². The summed E-state index contributed by atoms with van der Waals surface area (Å²) >= 11 is 0. The highest BCUT2D eigenvalue weighted by atomic mass is 19.4. The van der Waals surface area contributed by atoms with Crippen molar-refractivity contribution in [3.05, 3.63) is 0 Å². The van der Waals surface area contributed by atoms with Gasteiger partial charge in [-0.15, -0.1) is 0 Å². The molecule has 0 aromatic heterocycles. The van der Waals surface area contributed by atoms with E-state index in [0.29, 0.717) is 32.5 Å². The number of hydrogen-bond acceptors (Lipinski definition) is 3. The van der Waals surface area contributed by atoms with E-state index in [2.05, 4.69) is 0 Å². The van der Waals surface area contributed by atoms with E-state index in [1.807, 2.05) is 0 Å². The van der Waals surface area contributed by atoms with Gasteiger partial charge in [0, 0.05) is 26.2 Å². The van der Waals surface area contributed by atoms with E-state index in [9.17, 15) is 23.1 Å². The number of likely N-dealkylation sites (tertiary alicyclic amines) is 2. The van der Waals surface area contributed by atoms with Crippen LogP contribution in [0.25, 0.3) is 0 Å². The van der Waals surface area contributed by atoms with Crippen molar-refractivity contribution in [3.8, 4) is 0 Å². The lowest BCUT2D eigenvalue weighted by Crippen LogP contribution is -2.57. The van der Waals surface area contributed by atoms with Crippen LogP contribution >= 0.6 is 0 Å². The molecule has 20 heavy (non-hydrogen) atoms. The van der Waals surface area contributed by atoms with Gasteiger partial charge in [-0.05, 0) is 32.2 Å². The second-order valence-electron chi connectivity index (χ2n) is 5.78. The number of halogens is 3. The molecule has 1 unspecified atom stereocenters. The molecular weight excluding hydrogens is 273 g/mol. The number of alkyl halides is 3. The van der Waals surface area contributed by atoms with Crippen LogP contribution < -0.4 is 0 Å². The number of aliphatic hydroxyl groups is 1. The number of nitrogens with zero attached hydrogens (tertiary/aromatic N) is 2. The SMILES string of the molecule is O=C(N1CCCC1)C1(O)CCCN(CCC(F)(F)F)C1. The maximum absolute atomic E-state index is 12.3. The van der Waals surface area contributed by atoms with Gasteiger partial charge < -0.3 is 10.0 Å². The topological polar surface area (TPSA) is 43.8 Å². The van der Waals surface area contributed by atoms with Crippen molar-refractivity contribution in [1.82, 2.24) is 9.80 Å². The zero-order valence-corrected chi connectivity index (χ0v) is 11.5. The molecule has 4 nitrogen and oxygen atoms in total. The van der Waals surface area contributed by atoms with Gasteiger partial charge in [-0.25, -0.2) is 0 Å². The Morgan fingerprint density at radius 1 is 1.15 bits per heavy atom. The Labute approximate surface area is 116 Å². The first-order valence-corrected chi connectivity index (χ1v) is 7.11. The molecule has 1 amide bonds. The molecule has 2 heterocycles. The fraction of sp³-hybridized carbons (Fsp3) is 0.923. The van der Waals surface area contributed by atoms with E-state index < -0.39 is 18.2 Å². The minimum atomic E-state index is -4.20. The minimum Gasteiger partial charge on any atom is -0.379 e. The van der Waals surface area contributed by atoms with E-state index in [-0.39, 0.29) is 19.0 Å². The van der Waals surface area contributed by atoms with Crippen LogP contribution in [0.5, 0.6) is 0 Å². The van der Waals surface area contributed by atoms with Gasteiger partial charge in [0.05, 0.1) is 6.42 Å². The van der Waals surface area contributed by atoms with Crippen molar-refractivity contribution in [1.29, 1.82) is 0 Å². The zero-order valence-electron chi connectivity index (χ0n) is 11.5. The maximum Gasteiger partial charge on any atom is 0.390 e. The van der Waals surface area contributed by atoms with Crippen LogP contribution in [0.15, 0.2) is 0 Å². The molecule has 7 heteroatoms. The Kier molecular flexibility index (Phi) is 4.59. The number of amides is 1. The quantitative estimate of drug-likeness (QED) is 0.855. The summed E-state index contributed by atoms with van der Waals surface area (Å²) in [6, 6.07) is 0. The smallest absolute Gasteiger partial charge is 0.379 e. The summed E-state index contributed by atoms with van der Waals surface area (Å²) in [7, 11) is 0. The number of carbonyl (C=O) groups is 1. The van der Waals surface area contributed by atoms with E-state index in [1.54, 1.807) is 9.80 Å². The third-order valence-corrected chi connectivity index (χ3v) is 4.05. The Bertz CT molecular complexity index is 356. The van der Waals surface area contributed by atoms with Gasteiger partial charge in [0.15, 0.2) is 5.60 Å². The standard InChI is InChI=1S/C13H21F3N2O2/c14-13(15,16)5-9-17-6-3-4-12(20,10-17)11(19)18-7-1-2-8-18/h20H,1-10H2. The molecule has 116 valence electrons. The normalized spacial score (nSPS) is 28.9. The summed E-state index contributed by atoms with van der Waals surface area (Å²) in [5, 5.41) is 10.5. The highest BCUT2D eigenvalue weighted by Crippen LogP contribution is 2.27. The van der Waals surface area contributed by atoms with Crippen LogP contribution in [0.3, 0.4) is 0 Å². The fourth-order valence-corrected chi connectivity index (χ4v) is 2.99. The maximum atomic E-state index is 12.3. The summed E-state index contributed by atoms with van der Waals surface area (Å²) in [4.78, 5) is 15.5. The van der Waals surface area contributed by atoms with Crippen LogP contribution in [-0.4, -0.2) is 65.3 Å². The van der Waals surface area contributed by atoms with Gasteiger partial charge in [-0.1, -0.05) is 0 Å². The number of β-amino-alcohol motifs (C(OH)–C–C–N with tert-alkyl or cyclic N) is 1.